The van der Waals surface area contributed by atoms with Gasteiger partial charge in [0.05, 0.1) is 5.56 Å². The van der Waals surface area contributed by atoms with Crippen LogP contribution in [0.4, 0.5) is 5.82 Å². The van der Waals surface area contributed by atoms with E-state index in [-0.39, 0.29) is 0 Å². The molecule has 0 spiro atoms. The van der Waals surface area contributed by atoms with Gasteiger partial charge in [0.1, 0.15) is 10.8 Å². The molecule has 0 saturated carbocycles. The summed E-state index contributed by atoms with van der Waals surface area (Å²) in [4.78, 5) is 7.44. The van der Waals surface area contributed by atoms with Crippen molar-refractivity contribution in [1.82, 2.24) is 4.98 Å². The van der Waals surface area contributed by atoms with Crippen LogP contribution in [0.3, 0.4) is 0 Å². The van der Waals surface area contributed by atoms with Crippen molar-refractivity contribution in [2.24, 2.45) is 5.73 Å². The summed E-state index contributed by atoms with van der Waals surface area (Å²) in [5, 5.41) is 0. The molecule has 0 aliphatic carbocycles. The van der Waals surface area contributed by atoms with Crippen LogP contribution in [-0.4, -0.2) is 22.6 Å². The van der Waals surface area contributed by atoms with Crippen LogP contribution in [-0.2, 0) is 0 Å². The van der Waals surface area contributed by atoms with Crippen LogP contribution in [0.25, 0.3) is 0 Å². The quantitative estimate of drug-likeness (QED) is 0.777. The summed E-state index contributed by atoms with van der Waals surface area (Å²) >= 11 is 5.16. The second kappa shape index (κ2) is 7.43. The van der Waals surface area contributed by atoms with Gasteiger partial charge in [0.25, 0.3) is 0 Å². The predicted octanol–water partition coefficient (Wildman–Crippen LogP) is 3.43. The minimum atomic E-state index is 0.423. The molecule has 106 valence electrons. The third-order valence-electron chi connectivity index (χ3n) is 3.43. The van der Waals surface area contributed by atoms with Crippen molar-refractivity contribution < 1.29 is 0 Å². The van der Waals surface area contributed by atoms with Gasteiger partial charge in [0.2, 0.25) is 0 Å². The minimum absolute atomic E-state index is 0.423. The minimum Gasteiger partial charge on any atom is -0.389 e. The van der Waals surface area contributed by atoms with Crippen molar-refractivity contribution in [1.29, 1.82) is 0 Å². The summed E-state index contributed by atoms with van der Waals surface area (Å²) in [5.74, 6) is 0.940. The van der Waals surface area contributed by atoms with E-state index in [1.165, 1.54) is 6.42 Å². The molecule has 19 heavy (non-hydrogen) atoms. The maximum atomic E-state index is 5.84. The summed E-state index contributed by atoms with van der Waals surface area (Å²) in [6.45, 7) is 9.62. The van der Waals surface area contributed by atoms with Gasteiger partial charge in [-0.15, -0.1) is 0 Å². The van der Waals surface area contributed by atoms with Crippen molar-refractivity contribution in [3.8, 4) is 0 Å². The summed E-state index contributed by atoms with van der Waals surface area (Å²) in [6, 6.07) is 4.39. The molecule has 4 heteroatoms. The molecule has 0 saturated heterocycles. The Bertz CT molecular complexity index is 431. The van der Waals surface area contributed by atoms with Crippen molar-refractivity contribution in [2.45, 2.75) is 53.0 Å². The second-order valence-corrected chi connectivity index (χ2v) is 5.43. The number of anilines is 1. The first-order valence-electron chi connectivity index (χ1n) is 7.05. The molecule has 2 N–H and O–H groups in total. The van der Waals surface area contributed by atoms with Gasteiger partial charge in [-0.05, 0) is 38.8 Å². The highest BCUT2D eigenvalue weighted by Gasteiger charge is 2.18. The molecule has 1 aromatic rings. The van der Waals surface area contributed by atoms with Gasteiger partial charge in [0.15, 0.2) is 0 Å². The standard InChI is InChI=1S/C15H25N3S/c1-5-7-10-18(12(4)6-2)15-13(14(16)19)9-8-11(3)17-15/h8-9,12H,5-7,10H2,1-4H3,(H2,16,19). The van der Waals surface area contributed by atoms with E-state index in [1.54, 1.807) is 0 Å². The summed E-state index contributed by atoms with van der Waals surface area (Å²) in [6.07, 6.45) is 3.40. The number of hydrogen-bond acceptors (Lipinski definition) is 3. The number of hydrogen-bond donors (Lipinski definition) is 1. The Morgan fingerprint density at radius 3 is 2.63 bits per heavy atom. The molecule has 0 radical (unpaired) electrons. The number of aryl methyl sites for hydroxylation is 1. The highest BCUT2D eigenvalue weighted by Crippen LogP contribution is 2.22. The molecule has 1 unspecified atom stereocenters. The topological polar surface area (TPSA) is 42.2 Å². The number of pyridine rings is 1. The predicted molar refractivity (Wildman–Crippen MR) is 86.9 cm³/mol. The Morgan fingerprint density at radius 2 is 2.11 bits per heavy atom. The van der Waals surface area contributed by atoms with Crippen molar-refractivity contribution >= 4 is 23.0 Å². The first-order chi connectivity index (χ1) is 9.01. The monoisotopic (exact) mass is 279 g/mol. The van der Waals surface area contributed by atoms with Gasteiger partial charge < -0.3 is 10.6 Å². The molecule has 0 aromatic carbocycles. The van der Waals surface area contributed by atoms with Crippen LogP contribution in [0.2, 0.25) is 0 Å². The van der Waals surface area contributed by atoms with E-state index >= 15 is 0 Å². The molecule has 0 amide bonds. The molecule has 0 aliphatic heterocycles. The lowest BCUT2D eigenvalue weighted by atomic mass is 10.1. The lowest BCUT2D eigenvalue weighted by Gasteiger charge is -2.31. The molecule has 1 aromatic heterocycles. The fraction of sp³-hybridized carbons (Fsp3) is 0.600. The largest absolute Gasteiger partial charge is 0.389 e. The van der Waals surface area contributed by atoms with E-state index in [1.807, 2.05) is 19.1 Å². The first-order valence-corrected chi connectivity index (χ1v) is 7.46. The molecule has 1 atom stereocenters. The van der Waals surface area contributed by atoms with Gasteiger partial charge in [-0.2, -0.15) is 0 Å². The average molecular weight is 279 g/mol. The Kier molecular flexibility index (Phi) is 6.22. The first kappa shape index (κ1) is 15.9. The van der Waals surface area contributed by atoms with Gasteiger partial charge in [-0.25, -0.2) is 4.98 Å². The third-order valence-corrected chi connectivity index (χ3v) is 3.65. The van der Waals surface area contributed by atoms with Crippen LogP contribution in [0.1, 0.15) is 51.3 Å². The molecule has 1 heterocycles. The maximum Gasteiger partial charge on any atom is 0.139 e. The molecule has 0 bridgehead atoms. The number of thiocarbonyl (C=S) groups is 1. The van der Waals surface area contributed by atoms with E-state index in [4.69, 9.17) is 18.0 Å². The lowest BCUT2D eigenvalue weighted by molar-refractivity contribution is 0.589. The van der Waals surface area contributed by atoms with Crippen LogP contribution >= 0.6 is 12.2 Å². The average Bonchev–Trinajstić information content (AvgIpc) is 2.38. The lowest BCUT2D eigenvalue weighted by Crippen LogP contribution is -2.36. The zero-order valence-corrected chi connectivity index (χ0v) is 13.3. The molecule has 0 aliphatic rings. The van der Waals surface area contributed by atoms with E-state index in [2.05, 4.69) is 30.7 Å². The Hall–Kier alpha value is -1.16. The van der Waals surface area contributed by atoms with Gasteiger partial charge in [-0.1, -0.05) is 32.5 Å². The molecule has 0 fully saturated rings. The fourth-order valence-electron chi connectivity index (χ4n) is 2.04. The third kappa shape index (κ3) is 4.16. The maximum absolute atomic E-state index is 5.84. The zero-order chi connectivity index (χ0) is 14.4. The van der Waals surface area contributed by atoms with E-state index in [9.17, 15) is 0 Å². The second-order valence-electron chi connectivity index (χ2n) is 4.99. The number of nitrogens with two attached hydrogens (primary N) is 1. The number of nitrogens with zero attached hydrogens (tertiary/aromatic N) is 2. The van der Waals surface area contributed by atoms with Crippen molar-refractivity contribution in [3.63, 3.8) is 0 Å². The Balaban J connectivity index is 3.19. The SMILES string of the molecule is CCCCN(c1nc(C)ccc1C(N)=S)C(C)CC. The van der Waals surface area contributed by atoms with E-state index < -0.39 is 0 Å². The molecular weight excluding hydrogens is 254 g/mol. The van der Waals surface area contributed by atoms with Crippen molar-refractivity contribution in [2.75, 3.05) is 11.4 Å². The molecule has 3 nitrogen and oxygen atoms in total. The van der Waals surface area contributed by atoms with Crippen molar-refractivity contribution in [3.05, 3.63) is 23.4 Å². The van der Waals surface area contributed by atoms with Gasteiger partial charge >= 0.3 is 0 Å². The van der Waals surface area contributed by atoms with Gasteiger partial charge in [-0.3, -0.25) is 0 Å². The Morgan fingerprint density at radius 1 is 1.42 bits per heavy atom. The van der Waals surface area contributed by atoms with Crippen LogP contribution in [0, 0.1) is 6.92 Å². The summed E-state index contributed by atoms with van der Waals surface area (Å²) in [5.41, 5.74) is 7.72. The van der Waals surface area contributed by atoms with Crippen LogP contribution in [0.5, 0.6) is 0 Å². The van der Waals surface area contributed by atoms with Crippen LogP contribution < -0.4 is 10.6 Å². The van der Waals surface area contributed by atoms with Crippen LogP contribution in [0.15, 0.2) is 12.1 Å². The Labute approximate surface area is 122 Å². The number of rotatable bonds is 7. The smallest absolute Gasteiger partial charge is 0.139 e. The van der Waals surface area contributed by atoms with E-state index in [0.717, 1.165) is 36.5 Å². The number of unbranched alkanes of at least 4 members (excludes halogenated alkanes) is 1. The highest BCUT2D eigenvalue weighted by molar-refractivity contribution is 7.80. The molecule has 1 rings (SSSR count). The highest BCUT2D eigenvalue weighted by atomic mass is 32.1. The normalized spacial score (nSPS) is 12.2. The number of aromatic nitrogens is 1. The van der Waals surface area contributed by atoms with E-state index in [0.29, 0.717) is 11.0 Å². The fourth-order valence-corrected chi connectivity index (χ4v) is 2.20. The van der Waals surface area contributed by atoms with Gasteiger partial charge in [0, 0.05) is 18.3 Å². The summed E-state index contributed by atoms with van der Waals surface area (Å²) in [7, 11) is 0. The zero-order valence-electron chi connectivity index (χ0n) is 12.4. The molecular formula is C15H25N3S. The summed E-state index contributed by atoms with van der Waals surface area (Å²) < 4.78 is 0.